The van der Waals surface area contributed by atoms with Crippen LogP contribution in [0.1, 0.15) is 27.6 Å². The maximum Gasteiger partial charge on any atom is 0.341 e. The summed E-state index contributed by atoms with van der Waals surface area (Å²) >= 11 is 0.153. The number of ether oxygens (including phenoxy) is 1. The lowest BCUT2D eigenvalue weighted by Crippen LogP contribution is -2.24. The Bertz CT molecular complexity index is 958. The van der Waals surface area contributed by atoms with Crippen molar-refractivity contribution < 1.29 is 23.1 Å². The van der Waals surface area contributed by atoms with Crippen molar-refractivity contribution in [3.05, 3.63) is 59.9 Å². The molecular formula is C18H14F2N2O3S. The van der Waals surface area contributed by atoms with Gasteiger partial charge in [0.25, 0.3) is 5.76 Å². The van der Waals surface area contributed by atoms with Crippen molar-refractivity contribution >= 4 is 34.4 Å². The Balaban J connectivity index is 1.78. The Morgan fingerprint density at radius 1 is 1.15 bits per heavy atom. The standard InChI is InChI=1S/C18H14F2N2O3S/c1-10(15(23)13-9-22-14-7-3-2-5-11(13)14)25-17(24)12-6-4-8-21-16(12)26-18(19)20/h2-10,18,22H,1H3/t10-/m1/s1. The van der Waals surface area contributed by atoms with E-state index in [1.807, 2.05) is 12.1 Å². The third-order valence-corrected chi connectivity index (χ3v) is 4.43. The van der Waals surface area contributed by atoms with Crippen LogP contribution in [0.4, 0.5) is 8.78 Å². The monoisotopic (exact) mass is 376 g/mol. The summed E-state index contributed by atoms with van der Waals surface area (Å²) in [7, 11) is 0. The molecule has 3 aromatic rings. The molecule has 2 heterocycles. The van der Waals surface area contributed by atoms with Crippen LogP contribution in [-0.2, 0) is 4.74 Å². The lowest BCUT2D eigenvalue weighted by atomic mass is 10.1. The number of rotatable bonds is 6. The molecule has 2 aromatic heterocycles. The first-order valence-corrected chi connectivity index (χ1v) is 8.56. The molecule has 0 bridgehead atoms. The first-order chi connectivity index (χ1) is 12.5. The number of benzene rings is 1. The van der Waals surface area contributed by atoms with E-state index < -0.39 is 17.8 Å². The minimum atomic E-state index is -2.72. The average Bonchev–Trinajstić information content (AvgIpc) is 3.05. The zero-order valence-electron chi connectivity index (χ0n) is 13.6. The molecule has 26 heavy (non-hydrogen) atoms. The number of H-pyrrole nitrogens is 1. The number of fused-ring (bicyclic) bond motifs is 1. The molecular weight excluding hydrogens is 362 g/mol. The third-order valence-electron chi connectivity index (χ3n) is 3.70. The molecule has 0 saturated carbocycles. The second-order valence-electron chi connectivity index (χ2n) is 5.39. The number of aromatic amines is 1. The predicted molar refractivity (Wildman–Crippen MR) is 93.6 cm³/mol. The van der Waals surface area contributed by atoms with Crippen molar-refractivity contribution in [3.63, 3.8) is 0 Å². The fraction of sp³-hybridized carbons (Fsp3) is 0.167. The van der Waals surface area contributed by atoms with Gasteiger partial charge in [0, 0.05) is 28.9 Å². The Hall–Kier alpha value is -2.74. The van der Waals surface area contributed by atoms with Crippen LogP contribution in [0.2, 0.25) is 0 Å². The fourth-order valence-corrected chi connectivity index (χ4v) is 3.07. The normalized spacial score (nSPS) is 12.3. The number of ketones is 1. The van der Waals surface area contributed by atoms with Gasteiger partial charge in [-0.15, -0.1) is 0 Å². The van der Waals surface area contributed by atoms with E-state index in [1.165, 1.54) is 25.3 Å². The van der Waals surface area contributed by atoms with Gasteiger partial charge in [0.05, 0.1) is 5.56 Å². The van der Waals surface area contributed by atoms with Crippen LogP contribution in [0.25, 0.3) is 10.9 Å². The van der Waals surface area contributed by atoms with Crippen LogP contribution in [-0.4, -0.2) is 33.6 Å². The van der Waals surface area contributed by atoms with Gasteiger partial charge in [-0.1, -0.05) is 18.2 Å². The number of pyridine rings is 1. The number of para-hydroxylation sites is 1. The predicted octanol–water partition coefficient (Wildman–Crippen LogP) is 4.31. The Morgan fingerprint density at radius 2 is 1.92 bits per heavy atom. The highest BCUT2D eigenvalue weighted by Gasteiger charge is 2.25. The maximum absolute atomic E-state index is 12.6. The molecule has 0 fully saturated rings. The second-order valence-corrected chi connectivity index (χ2v) is 6.37. The fourth-order valence-electron chi connectivity index (χ4n) is 2.50. The number of esters is 1. The highest BCUT2D eigenvalue weighted by atomic mass is 32.2. The average molecular weight is 376 g/mol. The largest absolute Gasteiger partial charge is 0.451 e. The molecule has 1 atom stereocenters. The highest BCUT2D eigenvalue weighted by Crippen LogP contribution is 2.27. The number of carbonyl (C=O) groups excluding carboxylic acids is 2. The van der Waals surface area contributed by atoms with E-state index in [0.717, 1.165) is 10.9 Å². The van der Waals surface area contributed by atoms with Gasteiger partial charge in [-0.05, 0) is 36.9 Å². The van der Waals surface area contributed by atoms with E-state index in [4.69, 9.17) is 4.74 Å². The van der Waals surface area contributed by atoms with E-state index >= 15 is 0 Å². The number of nitrogens with one attached hydrogen (secondary N) is 1. The third kappa shape index (κ3) is 3.75. The van der Waals surface area contributed by atoms with Crippen molar-refractivity contribution in [1.82, 2.24) is 9.97 Å². The zero-order valence-corrected chi connectivity index (χ0v) is 14.4. The molecule has 0 radical (unpaired) electrons. The van der Waals surface area contributed by atoms with Gasteiger partial charge in [-0.3, -0.25) is 4.79 Å². The zero-order chi connectivity index (χ0) is 18.7. The van der Waals surface area contributed by atoms with Crippen LogP contribution in [0.15, 0.2) is 53.8 Å². The summed E-state index contributed by atoms with van der Waals surface area (Å²) in [6.07, 6.45) is 1.79. The summed E-state index contributed by atoms with van der Waals surface area (Å²) < 4.78 is 30.4. The summed E-state index contributed by atoms with van der Waals surface area (Å²) in [6, 6.07) is 10.0. The van der Waals surface area contributed by atoms with Crippen molar-refractivity contribution in [2.45, 2.75) is 23.8 Å². The van der Waals surface area contributed by atoms with Crippen molar-refractivity contribution in [1.29, 1.82) is 0 Å². The summed E-state index contributed by atoms with van der Waals surface area (Å²) in [5.74, 6) is -3.98. The number of hydrogen-bond acceptors (Lipinski definition) is 5. The van der Waals surface area contributed by atoms with Crippen molar-refractivity contribution in [2.75, 3.05) is 0 Å². The number of alkyl halides is 2. The van der Waals surface area contributed by atoms with E-state index in [0.29, 0.717) is 5.56 Å². The molecule has 0 aliphatic rings. The SMILES string of the molecule is C[C@@H](OC(=O)c1cccnc1SC(F)F)C(=O)c1c[nH]c2ccccc12. The second kappa shape index (κ2) is 7.65. The van der Waals surface area contributed by atoms with Crippen molar-refractivity contribution in [2.24, 2.45) is 0 Å². The van der Waals surface area contributed by atoms with E-state index in [9.17, 15) is 18.4 Å². The molecule has 0 unspecified atom stereocenters. The van der Waals surface area contributed by atoms with Gasteiger partial charge >= 0.3 is 5.97 Å². The number of Topliss-reactive ketones (excluding diaryl/α,β-unsaturated/α-hetero) is 1. The summed E-state index contributed by atoms with van der Waals surface area (Å²) in [5.41, 5.74) is 1.09. The molecule has 0 spiro atoms. The number of carbonyl (C=O) groups is 2. The van der Waals surface area contributed by atoms with Crippen LogP contribution in [0.5, 0.6) is 0 Å². The molecule has 134 valence electrons. The first kappa shape index (κ1) is 18.1. The number of hydrogen-bond donors (Lipinski definition) is 1. The smallest absolute Gasteiger partial charge is 0.341 e. The number of thioether (sulfide) groups is 1. The minimum absolute atomic E-state index is 0.101. The molecule has 0 aliphatic heterocycles. The number of aromatic nitrogens is 2. The summed E-state index contributed by atoms with van der Waals surface area (Å²) in [6.45, 7) is 1.44. The highest BCUT2D eigenvalue weighted by molar-refractivity contribution is 7.99. The summed E-state index contributed by atoms with van der Waals surface area (Å²) in [4.78, 5) is 31.7. The Morgan fingerprint density at radius 3 is 2.69 bits per heavy atom. The maximum atomic E-state index is 12.6. The molecule has 0 amide bonds. The molecule has 1 aromatic carbocycles. The molecule has 3 rings (SSSR count). The van der Waals surface area contributed by atoms with Gasteiger partial charge in [0.2, 0.25) is 5.78 Å². The molecule has 1 N–H and O–H groups in total. The first-order valence-electron chi connectivity index (χ1n) is 7.68. The lowest BCUT2D eigenvalue weighted by Gasteiger charge is -2.13. The Labute approximate surface area is 151 Å². The topological polar surface area (TPSA) is 72.0 Å². The van der Waals surface area contributed by atoms with Crippen LogP contribution in [0.3, 0.4) is 0 Å². The molecule has 0 saturated heterocycles. The van der Waals surface area contributed by atoms with Gasteiger partial charge in [-0.2, -0.15) is 8.78 Å². The number of halogens is 2. The van der Waals surface area contributed by atoms with E-state index in [-0.39, 0.29) is 28.1 Å². The molecule has 5 nitrogen and oxygen atoms in total. The quantitative estimate of drug-likeness (QED) is 0.394. The van der Waals surface area contributed by atoms with Crippen LogP contribution >= 0.6 is 11.8 Å². The van der Waals surface area contributed by atoms with Crippen LogP contribution < -0.4 is 0 Å². The van der Waals surface area contributed by atoms with Gasteiger partial charge in [0.15, 0.2) is 6.10 Å². The van der Waals surface area contributed by atoms with Gasteiger partial charge in [0.1, 0.15) is 5.03 Å². The number of nitrogens with zero attached hydrogens (tertiary/aromatic N) is 1. The molecule has 0 aliphatic carbocycles. The summed E-state index contributed by atoms with van der Waals surface area (Å²) in [5, 5.41) is 0.579. The van der Waals surface area contributed by atoms with Crippen LogP contribution in [0, 0.1) is 0 Å². The van der Waals surface area contributed by atoms with E-state index in [1.54, 1.807) is 18.3 Å². The van der Waals surface area contributed by atoms with Crippen molar-refractivity contribution in [3.8, 4) is 0 Å². The Kier molecular flexibility index (Phi) is 5.32. The minimum Gasteiger partial charge on any atom is -0.451 e. The van der Waals surface area contributed by atoms with Gasteiger partial charge < -0.3 is 9.72 Å². The van der Waals surface area contributed by atoms with Gasteiger partial charge in [-0.25, -0.2) is 9.78 Å². The lowest BCUT2D eigenvalue weighted by molar-refractivity contribution is 0.0315. The van der Waals surface area contributed by atoms with E-state index in [2.05, 4.69) is 9.97 Å². The molecule has 8 heteroatoms.